The molecule has 0 fully saturated rings. The van der Waals surface area contributed by atoms with Gasteiger partial charge < -0.3 is 31.4 Å². The number of carbonyl (C=O) groups is 2. The van der Waals surface area contributed by atoms with Crippen LogP contribution < -0.4 is 80.2 Å². The summed E-state index contributed by atoms with van der Waals surface area (Å²) < 4.78 is 0. The van der Waals surface area contributed by atoms with Gasteiger partial charge in [-0.1, -0.05) is 0 Å². The topological polar surface area (TPSA) is 153 Å². The van der Waals surface area contributed by atoms with Crippen molar-refractivity contribution in [3.8, 4) is 0 Å². The summed E-state index contributed by atoms with van der Waals surface area (Å²) in [6, 6.07) is 0. The van der Waals surface area contributed by atoms with Crippen LogP contribution >= 0.6 is 0 Å². The molecule has 0 aliphatic heterocycles. The van der Waals surface area contributed by atoms with Gasteiger partial charge in [0.2, 0.25) is 6.16 Å². The van der Waals surface area contributed by atoms with Crippen molar-refractivity contribution in [2.24, 2.45) is 0 Å². The number of carboxylic acid groups (broad SMARTS) is 4. The zero-order valence-corrected chi connectivity index (χ0v) is 11.6. The first-order chi connectivity index (χ1) is 3.46. The summed E-state index contributed by atoms with van der Waals surface area (Å²) in [5.41, 5.74) is 0. The fourth-order valence-electron chi connectivity index (χ4n) is 0. The summed E-state index contributed by atoms with van der Waals surface area (Å²) >= 11 is 0. The zero-order valence-electron chi connectivity index (χ0n) is 5.27. The summed E-state index contributed by atoms with van der Waals surface area (Å²) in [7, 11) is 0. The molecule has 0 aromatic heterocycles. The smallest absolute Gasteiger partial charge is 0.565 e. The maximum absolute atomic E-state index is 8.56. The van der Waals surface area contributed by atoms with Gasteiger partial charge in [0.05, 0.1) is 0 Å². The molecule has 56 valence electrons. The molecular formula is C2H6CsNO6. The third kappa shape index (κ3) is 1600. The monoisotopic (exact) mass is 273 g/mol. The van der Waals surface area contributed by atoms with Crippen LogP contribution in [0.5, 0.6) is 0 Å². The predicted molar refractivity (Wildman–Crippen MR) is 23.7 cm³/mol. The third-order valence-electron chi connectivity index (χ3n) is 0. The molecule has 0 unspecified atom stereocenters. The van der Waals surface area contributed by atoms with Gasteiger partial charge in [-0.15, -0.1) is 0 Å². The van der Waals surface area contributed by atoms with Gasteiger partial charge in [0.15, 0.2) is 0 Å². The minimum Gasteiger partial charge on any atom is -0.565 e. The van der Waals surface area contributed by atoms with E-state index in [-0.39, 0.29) is 75.0 Å². The first-order valence-electron chi connectivity index (χ1n) is 1.28. The summed E-state index contributed by atoms with van der Waals surface area (Å²) in [6.07, 6.45) is -3.92. The Kier molecular flexibility index (Phi) is 36.5. The maximum atomic E-state index is 8.56. The molecule has 0 saturated carbocycles. The van der Waals surface area contributed by atoms with Gasteiger partial charge in [0, 0.05) is 0 Å². The van der Waals surface area contributed by atoms with Gasteiger partial charge in [-0.2, -0.15) is 0 Å². The van der Waals surface area contributed by atoms with E-state index in [0.29, 0.717) is 0 Å². The van der Waals surface area contributed by atoms with Gasteiger partial charge in [-0.25, -0.2) is 4.79 Å². The normalized spacial score (nSPS) is 4.80. The first-order valence-corrected chi connectivity index (χ1v) is 1.28. The number of hydrogen-bond acceptors (Lipinski definition) is 4. The molecule has 0 aliphatic rings. The largest absolute Gasteiger partial charge is 1.00 e. The third-order valence-corrected chi connectivity index (χ3v) is 0. The maximum Gasteiger partial charge on any atom is 1.00 e. The van der Waals surface area contributed by atoms with Gasteiger partial charge >= 0.3 is 75.0 Å². The molecule has 0 spiro atoms. The second kappa shape index (κ2) is 16.3. The van der Waals surface area contributed by atoms with Crippen LogP contribution in [0.25, 0.3) is 0 Å². The van der Waals surface area contributed by atoms with E-state index < -0.39 is 12.3 Å². The van der Waals surface area contributed by atoms with Crippen molar-refractivity contribution in [3.05, 3.63) is 0 Å². The van der Waals surface area contributed by atoms with Gasteiger partial charge in [-0.3, -0.25) is 0 Å². The molecule has 0 heterocycles. The second-order valence-corrected chi connectivity index (χ2v) is 0.548. The van der Waals surface area contributed by atoms with E-state index in [1.165, 1.54) is 0 Å². The summed E-state index contributed by atoms with van der Waals surface area (Å²) in [5.74, 6) is 0. The van der Waals surface area contributed by atoms with E-state index in [1.807, 2.05) is 0 Å². The predicted octanol–water partition coefficient (Wildman–Crippen LogP) is -3.72. The van der Waals surface area contributed by atoms with E-state index in [2.05, 4.69) is 0 Å². The molecule has 8 heteroatoms. The van der Waals surface area contributed by atoms with E-state index in [9.17, 15) is 0 Å². The molecule has 0 atom stereocenters. The Morgan fingerprint density at radius 2 is 1.10 bits per heavy atom. The molecule has 0 aromatic carbocycles. The van der Waals surface area contributed by atoms with E-state index >= 15 is 0 Å². The van der Waals surface area contributed by atoms with Gasteiger partial charge in [0.1, 0.15) is 0 Å². The van der Waals surface area contributed by atoms with E-state index in [4.69, 9.17) is 30.0 Å². The Morgan fingerprint density at radius 3 is 1.10 bits per heavy atom. The molecule has 0 aliphatic carbocycles. The fourth-order valence-corrected chi connectivity index (χ4v) is 0. The van der Waals surface area contributed by atoms with Crippen molar-refractivity contribution < 1.29 is 98.9 Å². The first kappa shape index (κ1) is 22.4. The zero-order chi connectivity index (χ0) is 7.15. The molecular weight excluding hydrogens is 267 g/mol. The summed E-state index contributed by atoms with van der Waals surface area (Å²) in [4.78, 5) is 17.0. The molecule has 0 rings (SSSR count). The van der Waals surface area contributed by atoms with Crippen LogP contribution in [0.3, 0.4) is 0 Å². The fraction of sp³-hybridized carbons (Fsp3) is 0. The van der Waals surface area contributed by atoms with Gasteiger partial charge in [-0.05, 0) is 0 Å². The van der Waals surface area contributed by atoms with Crippen LogP contribution in [0.4, 0.5) is 9.59 Å². The Balaban J connectivity index is -0.0000000300. The van der Waals surface area contributed by atoms with Crippen LogP contribution in [0.1, 0.15) is 0 Å². The Labute approximate surface area is 115 Å². The van der Waals surface area contributed by atoms with E-state index in [0.717, 1.165) is 0 Å². The van der Waals surface area contributed by atoms with Crippen LogP contribution in [0.2, 0.25) is 0 Å². The molecule has 6 N–H and O–H groups in total. The molecule has 0 saturated heterocycles. The van der Waals surface area contributed by atoms with Crippen LogP contribution in [-0.2, 0) is 0 Å². The molecule has 10 heavy (non-hydrogen) atoms. The van der Waals surface area contributed by atoms with Crippen LogP contribution in [0.15, 0.2) is 0 Å². The Morgan fingerprint density at radius 1 is 1.10 bits per heavy atom. The SMILES string of the molecule is N.O=C(O)O.O=C([O-])O.[Cs+]. The Bertz CT molecular complexity index is 73.7. The van der Waals surface area contributed by atoms with Gasteiger partial charge in [0.25, 0.3) is 0 Å². The van der Waals surface area contributed by atoms with Crippen molar-refractivity contribution in [3.63, 3.8) is 0 Å². The van der Waals surface area contributed by atoms with Crippen LogP contribution in [0, 0.1) is 0 Å². The van der Waals surface area contributed by atoms with Crippen molar-refractivity contribution in [1.29, 1.82) is 0 Å². The van der Waals surface area contributed by atoms with Crippen molar-refractivity contribution >= 4 is 12.3 Å². The number of hydrogen-bond donors (Lipinski definition) is 4. The van der Waals surface area contributed by atoms with Crippen LogP contribution in [-0.4, -0.2) is 27.6 Å². The molecule has 0 bridgehead atoms. The standard InChI is InChI=1S/2CH2O3.Cs.H3N/c2*2-1(3)4;;/h2*(H2,2,3,4);;1H3/q;;+1;/p-1. The second-order valence-electron chi connectivity index (χ2n) is 0.548. The molecule has 0 radical (unpaired) electrons. The average molecular weight is 273 g/mol. The molecule has 7 nitrogen and oxygen atoms in total. The summed E-state index contributed by atoms with van der Waals surface area (Å²) in [5, 5.41) is 29.2. The number of rotatable bonds is 0. The minimum absolute atomic E-state index is 0. The Hall–Kier alpha value is 0.552. The van der Waals surface area contributed by atoms with Crippen molar-refractivity contribution in [2.45, 2.75) is 0 Å². The summed E-state index contributed by atoms with van der Waals surface area (Å²) in [6.45, 7) is 0. The quantitative estimate of drug-likeness (QED) is 0.354. The average Bonchev–Trinajstić information content (AvgIpc) is 1.25. The van der Waals surface area contributed by atoms with Crippen molar-refractivity contribution in [2.75, 3.05) is 0 Å². The minimum atomic E-state index is -2.08. The molecule has 0 aromatic rings. The van der Waals surface area contributed by atoms with E-state index in [1.54, 1.807) is 0 Å². The van der Waals surface area contributed by atoms with Crippen molar-refractivity contribution in [1.82, 2.24) is 6.15 Å². The molecule has 0 amide bonds.